The quantitative estimate of drug-likeness (QED) is 0.471. The van der Waals surface area contributed by atoms with E-state index in [1.165, 1.54) is 18.2 Å². The first-order valence-corrected chi connectivity index (χ1v) is 6.51. The molecule has 21 heavy (non-hydrogen) atoms. The molecule has 114 valence electrons. The molecular weight excluding hydrogens is 276 g/mol. The van der Waals surface area contributed by atoms with Crippen LogP contribution in [0.15, 0.2) is 18.2 Å². The number of carbonyl (C=O) groups is 2. The number of ether oxygens (including phenoxy) is 1. The van der Waals surface area contributed by atoms with E-state index in [2.05, 4.69) is 5.32 Å². The number of nitrogens with zero attached hydrogens (tertiary/aromatic N) is 1. The maximum absolute atomic E-state index is 11.7. The number of nitro groups is 1. The van der Waals surface area contributed by atoms with Crippen molar-refractivity contribution in [2.24, 2.45) is 5.92 Å². The first kappa shape index (κ1) is 16.6. The molecule has 1 atom stereocenters. The predicted molar refractivity (Wildman–Crippen MR) is 76.4 cm³/mol. The van der Waals surface area contributed by atoms with Crippen LogP contribution in [-0.4, -0.2) is 29.8 Å². The lowest BCUT2D eigenvalue weighted by molar-refractivity contribution is -0.385. The zero-order valence-corrected chi connectivity index (χ0v) is 12.2. The molecule has 0 fully saturated rings. The average Bonchev–Trinajstić information content (AvgIpc) is 2.44. The number of carbonyl (C=O) groups excluding carboxylic acids is 2. The van der Waals surface area contributed by atoms with E-state index in [1.807, 2.05) is 20.8 Å². The van der Waals surface area contributed by atoms with Crippen LogP contribution in [0.3, 0.4) is 0 Å². The Kier molecular flexibility index (Phi) is 5.83. The number of benzene rings is 1. The Morgan fingerprint density at radius 2 is 2.10 bits per heavy atom. The molecule has 0 heterocycles. The Balaban J connectivity index is 2.76. The third-order valence-electron chi connectivity index (χ3n) is 3.06. The van der Waals surface area contributed by atoms with Gasteiger partial charge in [-0.25, -0.2) is 0 Å². The smallest absolute Gasteiger partial charge is 0.310 e. The van der Waals surface area contributed by atoms with Crippen LogP contribution in [0.5, 0.6) is 5.75 Å². The summed E-state index contributed by atoms with van der Waals surface area (Å²) in [6.45, 7) is 5.44. The van der Waals surface area contributed by atoms with Gasteiger partial charge >= 0.3 is 5.69 Å². The number of hydrogen-bond donors (Lipinski definition) is 1. The summed E-state index contributed by atoms with van der Waals surface area (Å²) in [7, 11) is 0. The van der Waals surface area contributed by atoms with E-state index in [0.717, 1.165) is 0 Å². The van der Waals surface area contributed by atoms with Crippen molar-refractivity contribution in [1.29, 1.82) is 0 Å². The molecule has 0 saturated heterocycles. The van der Waals surface area contributed by atoms with Crippen molar-refractivity contribution in [2.75, 3.05) is 6.61 Å². The maximum atomic E-state index is 11.7. The Hall–Kier alpha value is -2.44. The summed E-state index contributed by atoms with van der Waals surface area (Å²) < 4.78 is 5.17. The monoisotopic (exact) mass is 294 g/mol. The van der Waals surface area contributed by atoms with Crippen LogP contribution in [0.4, 0.5) is 5.69 Å². The van der Waals surface area contributed by atoms with Gasteiger partial charge in [0.05, 0.1) is 4.92 Å². The number of aldehydes is 1. The largest absolute Gasteiger partial charge is 0.477 e. The summed E-state index contributed by atoms with van der Waals surface area (Å²) in [5, 5.41) is 13.6. The molecule has 0 spiro atoms. The topological polar surface area (TPSA) is 98.5 Å². The molecule has 0 saturated carbocycles. The summed E-state index contributed by atoms with van der Waals surface area (Å²) >= 11 is 0. The highest BCUT2D eigenvalue weighted by molar-refractivity contribution is 5.79. The minimum Gasteiger partial charge on any atom is -0.477 e. The van der Waals surface area contributed by atoms with Crippen molar-refractivity contribution in [3.05, 3.63) is 33.9 Å². The van der Waals surface area contributed by atoms with Crippen molar-refractivity contribution < 1.29 is 19.2 Å². The molecule has 1 amide bonds. The first-order chi connectivity index (χ1) is 9.85. The standard InChI is InChI=1S/C14H18N2O5/c1-9(2)10(3)15-14(18)8-21-13-6-11(7-17)4-5-12(13)16(19)20/h4-7,9-10H,8H2,1-3H3,(H,15,18). The molecule has 0 bridgehead atoms. The van der Waals surface area contributed by atoms with Crippen LogP contribution in [0.2, 0.25) is 0 Å². The third-order valence-corrected chi connectivity index (χ3v) is 3.06. The molecule has 1 N–H and O–H groups in total. The third kappa shape index (κ3) is 4.87. The SMILES string of the molecule is CC(C)C(C)NC(=O)COc1cc(C=O)ccc1[N+](=O)[O-]. The van der Waals surface area contributed by atoms with Crippen molar-refractivity contribution >= 4 is 17.9 Å². The van der Waals surface area contributed by atoms with Crippen molar-refractivity contribution in [1.82, 2.24) is 5.32 Å². The zero-order valence-electron chi connectivity index (χ0n) is 12.2. The molecule has 0 aliphatic heterocycles. The summed E-state index contributed by atoms with van der Waals surface area (Å²) in [5.41, 5.74) is -0.0446. The summed E-state index contributed by atoms with van der Waals surface area (Å²) in [6.07, 6.45) is 0.553. The molecule has 1 rings (SSSR count). The fraction of sp³-hybridized carbons (Fsp3) is 0.429. The van der Waals surface area contributed by atoms with Gasteiger partial charge in [0.15, 0.2) is 12.4 Å². The zero-order chi connectivity index (χ0) is 16.0. The average molecular weight is 294 g/mol. The number of nitro benzene ring substituents is 1. The fourth-order valence-electron chi connectivity index (χ4n) is 1.48. The minimum absolute atomic E-state index is 0.0302. The van der Waals surface area contributed by atoms with Gasteiger partial charge < -0.3 is 10.1 Å². The number of nitrogens with one attached hydrogen (secondary N) is 1. The van der Waals surface area contributed by atoms with E-state index < -0.39 is 4.92 Å². The normalized spacial score (nSPS) is 11.8. The van der Waals surface area contributed by atoms with Crippen LogP contribution in [0.25, 0.3) is 0 Å². The highest BCUT2D eigenvalue weighted by Gasteiger charge is 2.17. The summed E-state index contributed by atoms with van der Waals surface area (Å²) in [5.74, 6) is -0.208. The van der Waals surface area contributed by atoms with Gasteiger partial charge in [0.2, 0.25) is 0 Å². The van der Waals surface area contributed by atoms with E-state index in [0.29, 0.717) is 6.29 Å². The Bertz CT molecular complexity index is 542. The molecule has 0 aliphatic rings. The number of hydrogen-bond acceptors (Lipinski definition) is 5. The molecule has 0 aromatic heterocycles. The van der Waals surface area contributed by atoms with Crippen molar-refractivity contribution in [2.45, 2.75) is 26.8 Å². The summed E-state index contributed by atoms with van der Waals surface area (Å²) in [4.78, 5) is 32.6. The van der Waals surface area contributed by atoms with Crippen LogP contribution >= 0.6 is 0 Å². The van der Waals surface area contributed by atoms with Crippen molar-refractivity contribution in [3.63, 3.8) is 0 Å². The fourth-order valence-corrected chi connectivity index (χ4v) is 1.48. The first-order valence-electron chi connectivity index (χ1n) is 6.51. The second-order valence-electron chi connectivity index (χ2n) is 4.99. The Morgan fingerprint density at radius 1 is 1.43 bits per heavy atom. The van der Waals surface area contributed by atoms with Crippen LogP contribution in [-0.2, 0) is 4.79 Å². The van der Waals surface area contributed by atoms with Crippen LogP contribution in [0.1, 0.15) is 31.1 Å². The van der Waals surface area contributed by atoms with E-state index in [4.69, 9.17) is 4.74 Å². The van der Waals surface area contributed by atoms with Gasteiger partial charge in [-0.3, -0.25) is 19.7 Å². The highest BCUT2D eigenvalue weighted by atomic mass is 16.6. The predicted octanol–water partition coefficient (Wildman–Crippen LogP) is 1.95. The van der Waals surface area contributed by atoms with Crippen LogP contribution in [0, 0.1) is 16.0 Å². The number of rotatable bonds is 7. The van der Waals surface area contributed by atoms with Gasteiger partial charge in [0, 0.05) is 17.7 Å². The molecule has 7 heteroatoms. The van der Waals surface area contributed by atoms with Gasteiger partial charge in [0.25, 0.3) is 5.91 Å². The van der Waals surface area contributed by atoms with E-state index in [1.54, 1.807) is 0 Å². The molecule has 1 aromatic carbocycles. The number of amides is 1. The molecule has 0 aliphatic carbocycles. The van der Waals surface area contributed by atoms with E-state index in [-0.39, 0.29) is 41.5 Å². The van der Waals surface area contributed by atoms with Crippen molar-refractivity contribution in [3.8, 4) is 5.75 Å². The second kappa shape index (κ2) is 7.37. The molecule has 7 nitrogen and oxygen atoms in total. The summed E-state index contributed by atoms with van der Waals surface area (Å²) in [6, 6.07) is 3.70. The molecule has 1 unspecified atom stereocenters. The highest BCUT2D eigenvalue weighted by Crippen LogP contribution is 2.27. The van der Waals surface area contributed by atoms with Gasteiger partial charge in [-0.2, -0.15) is 0 Å². The Labute approximate surface area is 122 Å². The lowest BCUT2D eigenvalue weighted by Gasteiger charge is -2.17. The van der Waals surface area contributed by atoms with Gasteiger partial charge in [-0.05, 0) is 25.0 Å². The van der Waals surface area contributed by atoms with E-state index in [9.17, 15) is 19.7 Å². The molecule has 1 aromatic rings. The lowest BCUT2D eigenvalue weighted by atomic mass is 10.1. The molecular formula is C14H18N2O5. The van der Waals surface area contributed by atoms with E-state index >= 15 is 0 Å². The van der Waals surface area contributed by atoms with Crippen LogP contribution < -0.4 is 10.1 Å². The lowest BCUT2D eigenvalue weighted by Crippen LogP contribution is -2.39. The van der Waals surface area contributed by atoms with Gasteiger partial charge in [-0.1, -0.05) is 13.8 Å². The molecule has 0 radical (unpaired) electrons. The maximum Gasteiger partial charge on any atom is 0.310 e. The minimum atomic E-state index is -0.626. The Morgan fingerprint density at radius 3 is 2.62 bits per heavy atom. The van der Waals surface area contributed by atoms with Gasteiger partial charge in [0.1, 0.15) is 6.29 Å². The second-order valence-corrected chi connectivity index (χ2v) is 4.99. The van der Waals surface area contributed by atoms with Gasteiger partial charge in [-0.15, -0.1) is 0 Å².